The van der Waals surface area contributed by atoms with Gasteiger partial charge in [0, 0.05) is 35.7 Å². The number of hydrogen-bond acceptors (Lipinski definition) is 7. The minimum absolute atomic E-state index is 0.0392. The first-order valence-electron chi connectivity index (χ1n) is 7.15. The normalized spacial score (nSPS) is 14.8. The number of rotatable bonds is 5. The third-order valence-corrected chi connectivity index (χ3v) is 3.46. The van der Waals surface area contributed by atoms with E-state index in [0.717, 1.165) is 0 Å². The Labute approximate surface area is 138 Å². The smallest absolute Gasteiger partial charge is 0.359 e. The van der Waals surface area contributed by atoms with Crippen LogP contribution in [0.15, 0.2) is 17.7 Å². The molecule has 8 nitrogen and oxygen atoms in total. The topological polar surface area (TPSA) is 108 Å². The van der Waals surface area contributed by atoms with E-state index in [1.807, 2.05) is 0 Å². The van der Waals surface area contributed by atoms with Gasteiger partial charge in [-0.3, -0.25) is 9.59 Å². The molecule has 0 unspecified atom stereocenters. The summed E-state index contributed by atoms with van der Waals surface area (Å²) < 4.78 is 10.3. The number of benzene rings is 1. The third kappa shape index (κ3) is 3.48. The minimum Gasteiger partial charge on any atom is -0.493 e. The van der Waals surface area contributed by atoms with Crippen molar-refractivity contribution in [2.24, 2.45) is 0 Å². The maximum absolute atomic E-state index is 12.0. The highest BCUT2D eigenvalue weighted by Crippen LogP contribution is 2.33. The number of carbonyl (C=O) groups excluding carboxylic acids is 3. The number of amides is 2. The van der Waals surface area contributed by atoms with Crippen molar-refractivity contribution in [2.75, 3.05) is 20.0 Å². The number of methoxy groups -OCH3 is 2. The Morgan fingerprint density at radius 1 is 1.12 bits per heavy atom. The van der Waals surface area contributed by atoms with Crippen molar-refractivity contribution in [1.29, 1.82) is 0 Å². The zero-order valence-corrected chi connectivity index (χ0v) is 13.6. The van der Waals surface area contributed by atoms with E-state index >= 15 is 0 Å². The van der Waals surface area contributed by atoms with E-state index in [9.17, 15) is 14.4 Å². The molecule has 1 heterocycles. The number of nitrogens with two attached hydrogens (primary N) is 1. The molecule has 1 saturated heterocycles. The molecule has 1 fully saturated rings. The standard InChI is InChI=1S/C16H18N2O6/c1-9(16(21)24-18-14(19)4-5-15(18)20)6-10-7-12(22-2)13(23-3)8-11(10)17/h6-8H,4-5,17H2,1-3H3. The van der Waals surface area contributed by atoms with Crippen LogP contribution < -0.4 is 15.2 Å². The maximum atomic E-state index is 12.0. The monoisotopic (exact) mass is 334 g/mol. The predicted octanol–water partition coefficient (Wildman–Crippen LogP) is 1.30. The van der Waals surface area contributed by atoms with Gasteiger partial charge in [0.25, 0.3) is 11.8 Å². The lowest BCUT2D eigenvalue weighted by atomic mass is 10.1. The molecule has 1 aliphatic heterocycles. The zero-order valence-electron chi connectivity index (χ0n) is 13.6. The van der Waals surface area contributed by atoms with Crippen LogP contribution in [0.2, 0.25) is 0 Å². The summed E-state index contributed by atoms with van der Waals surface area (Å²) in [4.78, 5) is 39.8. The summed E-state index contributed by atoms with van der Waals surface area (Å²) in [5.74, 6) is -0.976. The van der Waals surface area contributed by atoms with Crippen LogP contribution in [0.4, 0.5) is 5.69 Å². The molecule has 24 heavy (non-hydrogen) atoms. The SMILES string of the molecule is COc1cc(N)c(C=C(C)C(=O)ON2C(=O)CCC2=O)cc1OC. The summed E-state index contributed by atoms with van der Waals surface area (Å²) in [5.41, 5.74) is 6.98. The van der Waals surface area contributed by atoms with Crippen LogP contribution >= 0.6 is 0 Å². The second kappa shape index (κ2) is 7.03. The first-order chi connectivity index (χ1) is 11.4. The molecule has 1 aromatic rings. The minimum atomic E-state index is -0.812. The van der Waals surface area contributed by atoms with E-state index in [1.54, 1.807) is 12.1 Å². The fourth-order valence-corrected chi connectivity index (χ4v) is 2.14. The molecule has 0 bridgehead atoms. The number of hydrogen-bond donors (Lipinski definition) is 1. The van der Waals surface area contributed by atoms with E-state index in [-0.39, 0.29) is 18.4 Å². The molecule has 0 spiro atoms. The van der Waals surface area contributed by atoms with Crippen LogP contribution in [0.25, 0.3) is 6.08 Å². The summed E-state index contributed by atoms with van der Waals surface area (Å²) >= 11 is 0. The molecule has 8 heteroatoms. The fourth-order valence-electron chi connectivity index (χ4n) is 2.14. The molecule has 1 aliphatic rings. The van der Waals surface area contributed by atoms with E-state index in [1.165, 1.54) is 27.2 Å². The van der Waals surface area contributed by atoms with Crippen molar-refractivity contribution < 1.29 is 28.7 Å². The highest BCUT2D eigenvalue weighted by molar-refractivity contribution is 6.03. The molecule has 2 rings (SSSR count). The molecule has 0 radical (unpaired) electrons. The van der Waals surface area contributed by atoms with Crippen molar-refractivity contribution in [1.82, 2.24) is 5.06 Å². The van der Waals surface area contributed by atoms with Crippen LogP contribution in [0.3, 0.4) is 0 Å². The third-order valence-electron chi connectivity index (χ3n) is 3.46. The van der Waals surface area contributed by atoms with E-state index < -0.39 is 17.8 Å². The van der Waals surface area contributed by atoms with Crippen molar-refractivity contribution in [3.63, 3.8) is 0 Å². The average molecular weight is 334 g/mol. The highest BCUT2D eigenvalue weighted by atomic mass is 16.7. The van der Waals surface area contributed by atoms with Crippen LogP contribution in [0, 0.1) is 0 Å². The quantitative estimate of drug-likeness (QED) is 0.491. The zero-order chi connectivity index (χ0) is 17.9. The van der Waals surface area contributed by atoms with Gasteiger partial charge in [-0.1, -0.05) is 0 Å². The van der Waals surface area contributed by atoms with E-state index in [4.69, 9.17) is 20.0 Å². The van der Waals surface area contributed by atoms with Gasteiger partial charge in [0.05, 0.1) is 14.2 Å². The summed E-state index contributed by atoms with van der Waals surface area (Å²) in [5, 5.41) is 0.498. The molecular formula is C16H18N2O6. The predicted molar refractivity (Wildman–Crippen MR) is 84.8 cm³/mol. The van der Waals surface area contributed by atoms with Crippen molar-refractivity contribution in [3.05, 3.63) is 23.3 Å². The first kappa shape index (κ1) is 17.3. The Morgan fingerprint density at radius 3 is 2.21 bits per heavy atom. The van der Waals surface area contributed by atoms with E-state index in [2.05, 4.69) is 0 Å². The summed E-state index contributed by atoms with van der Waals surface area (Å²) in [7, 11) is 2.97. The Balaban J connectivity index is 2.22. The first-order valence-corrected chi connectivity index (χ1v) is 7.15. The van der Waals surface area contributed by atoms with Gasteiger partial charge in [-0.2, -0.15) is 0 Å². The van der Waals surface area contributed by atoms with Crippen molar-refractivity contribution >= 4 is 29.5 Å². The fraction of sp³-hybridized carbons (Fsp3) is 0.312. The van der Waals surface area contributed by atoms with Crippen LogP contribution in [-0.4, -0.2) is 37.1 Å². The van der Waals surface area contributed by atoms with Gasteiger partial charge in [0.15, 0.2) is 11.5 Å². The van der Waals surface area contributed by atoms with Crippen molar-refractivity contribution in [2.45, 2.75) is 19.8 Å². The Kier molecular flexibility index (Phi) is 5.08. The Morgan fingerprint density at radius 2 is 1.67 bits per heavy atom. The van der Waals surface area contributed by atoms with Gasteiger partial charge in [-0.15, -0.1) is 5.06 Å². The molecule has 2 amide bonds. The number of carbonyl (C=O) groups is 3. The van der Waals surface area contributed by atoms with Crippen LogP contribution in [0.1, 0.15) is 25.3 Å². The number of nitrogen functional groups attached to an aromatic ring is 1. The molecule has 1 aromatic carbocycles. The van der Waals surface area contributed by atoms with Gasteiger partial charge >= 0.3 is 5.97 Å². The number of hydroxylamine groups is 2. The molecule has 0 aromatic heterocycles. The number of nitrogens with zero attached hydrogens (tertiary/aromatic N) is 1. The summed E-state index contributed by atoms with van der Waals surface area (Å²) in [6.45, 7) is 1.49. The summed E-state index contributed by atoms with van der Waals surface area (Å²) in [6, 6.07) is 3.17. The van der Waals surface area contributed by atoms with Crippen LogP contribution in [-0.2, 0) is 19.2 Å². The molecule has 0 saturated carbocycles. The largest absolute Gasteiger partial charge is 0.493 e. The second-order valence-electron chi connectivity index (χ2n) is 5.12. The van der Waals surface area contributed by atoms with Gasteiger partial charge in [-0.05, 0) is 19.1 Å². The maximum Gasteiger partial charge on any atom is 0.359 e. The molecule has 2 N–H and O–H groups in total. The highest BCUT2D eigenvalue weighted by Gasteiger charge is 2.33. The lowest BCUT2D eigenvalue weighted by molar-refractivity contribution is -0.194. The van der Waals surface area contributed by atoms with Gasteiger partial charge in [0.1, 0.15) is 0 Å². The Hall–Kier alpha value is -3.03. The number of imide groups is 1. The van der Waals surface area contributed by atoms with Crippen molar-refractivity contribution in [3.8, 4) is 11.5 Å². The summed E-state index contributed by atoms with van der Waals surface area (Å²) in [6.07, 6.45) is 1.56. The average Bonchev–Trinajstić information content (AvgIpc) is 2.87. The molecule has 0 atom stereocenters. The number of ether oxygens (including phenoxy) is 2. The van der Waals surface area contributed by atoms with Gasteiger partial charge in [-0.25, -0.2) is 4.79 Å². The lowest BCUT2D eigenvalue weighted by Gasteiger charge is -2.13. The second-order valence-corrected chi connectivity index (χ2v) is 5.12. The van der Waals surface area contributed by atoms with Gasteiger partial charge in [0.2, 0.25) is 0 Å². The van der Waals surface area contributed by atoms with Gasteiger partial charge < -0.3 is 20.0 Å². The molecule has 0 aliphatic carbocycles. The van der Waals surface area contributed by atoms with E-state index in [0.29, 0.717) is 27.8 Å². The molecular weight excluding hydrogens is 316 g/mol. The van der Waals surface area contributed by atoms with Crippen LogP contribution in [0.5, 0.6) is 11.5 Å². The Bertz CT molecular complexity index is 710. The molecule has 128 valence electrons. The number of anilines is 1. The lowest BCUT2D eigenvalue weighted by Crippen LogP contribution is -2.32.